The van der Waals surface area contributed by atoms with Gasteiger partial charge in [0.15, 0.2) is 0 Å². The zero-order valence-electron chi connectivity index (χ0n) is 13.0. The van der Waals surface area contributed by atoms with E-state index in [4.69, 9.17) is 9.47 Å². The first-order valence-electron chi connectivity index (χ1n) is 7.32. The minimum absolute atomic E-state index is 0.279. The lowest BCUT2D eigenvalue weighted by Crippen LogP contribution is -2.11. The monoisotopic (exact) mass is 262 g/mol. The molecule has 0 aliphatic carbocycles. The van der Waals surface area contributed by atoms with Gasteiger partial charge in [0.05, 0.1) is 6.10 Å². The van der Waals surface area contributed by atoms with Gasteiger partial charge in [-0.3, -0.25) is 0 Å². The van der Waals surface area contributed by atoms with Crippen molar-refractivity contribution in [2.24, 2.45) is 0 Å². The Bertz CT molecular complexity index is 420. The summed E-state index contributed by atoms with van der Waals surface area (Å²) >= 11 is 0. The summed E-state index contributed by atoms with van der Waals surface area (Å²) < 4.78 is 11.6. The largest absolute Gasteiger partial charge is 0.490 e. The van der Waals surface area contributed by atoms with Gasteiger partial charge in [-0.15, -0.1) is 0 Å². The Labute approximate surface area is 117 Å². The highest BCUT2D eigenvalue weighted by Crippen LogP contribution is 2.36. The highest BCUT2D eigenvalue weighted by Gasteiger charge is 2.35. The summed E-state index contributed by atoms with van der Waals surface area (Å²) in [5, 5.41) is 0. The number of benzene rings is 1. The van der Waals surface area contributed by atoms with E-state index in [1.807, 2.05) is 0 Å². The van der Waals surface area contributed by atoms with Gasteiger partial charge in [-0.2, -0.15) is 0 Å². The predicted molar refractivity (Wildman–Crippen MR) is 79.2 cm³/mol. The SMILES string of the molecule is Cc1cc(C(C)C)c(OCC2OC2C)c(C(C)C)c1. The molecule has 2 heteroatoms. The first kappa shape index (κ1) is 14.4. The van der Waals surface area contributed by atoms with Crippen LogP contribution in [0.15, 0.2) is 12.1 Å². The average Bonchev–Trinajstić information content (AvgIpc) is 3.02. The number of aryl methyl sites for hydroxylation is 1. The maximum absolute atomic E-state index is 6.12. The van der Waals surface area contributed by atoms with Gasteiger partial charge in [-0.25, -0.2) is 0 Å². The topological polar surface area (TPSA) is 21.8 Å². The highest BCUT2D eigenvalue weighted by molar-refractivity contribution is 5.47. The number of epoxide rings is 1. The molecule has 1 aliphatic heterocycles. The molecule has 19 heavy (non-hydrogen) atoms. The summed E-state index contributed by atoms with van der Waals surface area (Å²) in [6.45, 7) is 13.8. The van der Waals surface area contributed by atoms with Crippen molar-refractivity contribution in [3.8, 4) is 5.75 Å². The molecule has 2 atom stereocenters. The summed E-state index contributed by atoms with van der Waals surface area (Å²) in [6.07, 6.45) is 0.636. The zero-order chi connectivity index (χ0) is 14.2. The van der Waals surface area contributed by atoms with Crippen LogP contribution in [0.4, 0.5) is 0 Å². The van der Waals surface area contributed by atoms with Crippen molar-refractivity contribution in [2.75, 3.05) is 6.61 Å². The van der Waals surface area contributed by atoms with Gasteiger partial charge in [0.1, 0.15) is 18.5 Å². The average molecular weight is 262 g/mol. The van der Waals surface area contributed by atoms with Gasteiger partial charge in [0.25, 0.3) is 0 Å². The molecule has 106 valence electrons. The van der Waals surface area contributed by atoms with Gasteiger partial charge in [0.2, 0.25) is 0 Å². The van der Waals surface area contributed by atoms with E-state index >= 15 is 0 Å². The molecule has 0 bridgehead atoms. The van der Waals surface area contributed by atoms with Crippen molar-refractivity contribution < 1.29 is 9.47 Å². The van der Waals surface area contributed by atoms with E-state index in [1.54, 1.807) is 0 Å². The zero-order valence-corrected chi connectivity index (χ0v) is 13.0. The summed E-state index contributed by atoms with van der Waals surface area (Å²) in [6, 6.07) is 4.51. The third kappa shape index (κ3) is 3.30. The van der Waals surface area contributed by atoms with Crippen molar-refractivity contribution >= 4 is 0 Å². The third-order valence-electron chi connectivity index (χ3n) is 3.76. The Morgan fingerprint density at radius 1 is 1.11 bits per heavy atom. The lowest BCUT2D eigenvalue weighted by molar-refractivity contribution is 0.256. The normalized spacial score (nSPS) is 22.1. The van der Waals surface area contributed by atoms with Gasteiger partial charge < -0.3 is 9.47 Å². The second kappa shape index (κ2) is 5.54. The maximum atomic E-state index is 6.12. The van der Waals surface area contributed by atoms with Crippen molar-refractivity contribution in [1.82, 2.24) is 0 Å². The van der Waals surface area contributed by atoms with E-state index in [0.29, 0.717) is 24.5 Å². The molecule has 0 radical (unpaired) electrons. The minimum Gasteiger partial charge on any atom is -0.490 e. The molecule has 0 saturated carbocycles. The van der Waals surface area contributed by atoms with E-state index in [1.165, 1.54) is 16.7 Å². The fourth-order valence-corrected chi connectivity index (χ4v) is 2.42. The number of rotatable bonds is 5. The van der Waals surface area contributed by atoms with Gasteiger partial charge in [0, 0.05) is 0 Å². The van der Waals surface area contributed by atoms with Crippen LogP contribution in [0.5, 0.6) is 5.75 Å². The summed E-state index contributed by atoms with van der Waals surface area (Å²) in [5.41, 5.74) is 3.95. The molecule has 1 aromatic rings. The Morgan fingerprint density at radius 2 is 1.58 bits per heavy atom. The molecule has 1 fully saturated rings. The molecule has 1 aliphatic rings. The van der Waals surface area contributed by atoms with Crippen molar-refractivity contribution in [3.63, 3.8) is 0 Å². The molecule has 0 spiro atoms. The van der Waals surface area contributed by atoms with E-state index in [2.05, 4.69) is 53.7 Å². The minimum atomic E-state index is 0.279. The quantitative estimate of drug-likeness (QED) is 0.733. The summed E-state index contributed by atoms with van der Waals surface area (Å²) in [5.74, 6) is 2.04. The molecule has 0 aromatic heterocycles. The maximum Gasteiger partial charge on any atom is 0.126 e. The van der Waals surface area contributed by atoms with Crippen LogP contribution >= 0.6 is 0 Å². The first-order valence-corrected chi connectivity index (χ1v) is 7.32. The van der Waals surface area contributed by atoms with Crippen LogP contribution in [0.2, 0.25) is 0 Å². The number of hydrogen-bond donors (Lipinski definition) is 0. The van der Waals surface area contributed by atoms with Crippen LogP contribution in [-0.4, -0.2) is 18.8 Å². The second-order valence-corrected chi connectivity index (χ2v) is 6.27. The highest BCUT2D eigenvalue weighted by atomic mass is 16.6. The van der Waals surface area contributed by atoms with Gasteiger partial charge in [-0.1, -0.05) is 45.4 Å². The van der Waals surface area contributed by atoms with Crippen LogP contribution in [0, 0.1) is 6.92 Å². The Hall–Kier alpha value is -1.02. The lowest BCUT2D eigenvalue weighted by Gasteiger charge is -2.21. The van der Waals surface area contributed by atoms with Gasteiger partial charge in [-0.05, 0) is 36.8 Å². The van der Waals surface area contributed by atoms with Crippen molar-refractivity contribution in [2.45, 2.75) is 65.6 Å². The van der Waals surface area contributed by atoms with E-state index in [9.17, 15) is 0 Å². The standard InChI is InChI=1S/C17H26O2/c1-10(2)14-7-12(5)8-15(11(3)4)17(14)18-9-16-13(6)19-16/h7-8,10-11,13,16H,9H2,1-6H3. The van der Waals surface area contributed by atoms with Crippen molar-refractivity contribution in [1.29, 1.82) is 0 Å². The summed E-state index contributed by atoms with van der Waals surface area (Å²) in [7, 11) is 0. The molecule has 2 unspecified atom stereocenters. The molecule has 1 heterocycles. The molecule has 0 amide bonds. The molecule has 2 rings (SSSR count). The van der Waals surface area contributed by atoms with Crippen LogP contribution in [-0.2, 0) is 4.74 Å². The molecule has 1 saturated heterocycles. The van der Waals surface area contributed by atoms with Gasteiger partial charge >= 0.3 is 0 Å². The van der Waals surface area contributed by atoms with Crippen LogP contribution in [0.3, 0.4) is 0 Å². The number of ether oxygens (including phenoxy) is 2. The Morgan fingerprint density at radius 3 is 1.95 bits per heavy atom. The second-order valence-electron chi connectivity index (χ2n) is 6.27. The van der Waals surface area contributed by atoms with Crippen LogP contribution < -0.4 is 4.74 Å². The fourth-order valence-electron chi connectivity index (χ4n) is 2.42. The summed E-state index contributed by atoms with van der Waals surface area (Å²) in [4.78, 5) is 0. The lowest BCUT2D eigenvalue weighted by atomic mass is 9.92. The van der Waals surface area contributed by atoms with E-state index < -0.39 is 0 Å². The van der Waals surface area contributed by atoms with Crippen molar-refractivity contribution in [3.05, 3.63) is 28.8 Å². The molecule has 0 N–H and O–H groups in total. The first-order chi connectivity index (χ1) is 8.90. The Balaban J connectivity index is 2.30. The fraction of sp³-hybridized carbons (Fsp3) is 0.647. The molecule has 2 nitrogen and oxygen atoms in total. The molecular formula is C17H26O2. The molecule has 1 aromatic carbocycles. The van der Waals surface area contributed by atoms with Crippen LogP contribution in [0.25, 0.3) is 0 Å². The third-order valence-corrected chi connectivity index (χ3v) is 3.76. The van der Waals surface area contributed by atoms with Crippen LogP contribution in [0.1, 0.15) is 63.1 Å². The van der Waals surface area contributed by atoms with E-state index in [0.717, 1.165) is 5.75 Å². The predicted octanol–water partition coefficient (Wildman–Crippen LogP) is 4.41. The Kier molecular flexibility index (Phi) is 4.19. The number of hydrogen-bond acceptors (Lipinski definition) is 2. The van der Waals surface area contributed by atoms with E-state index in [-0.39, 0.29) is 6.10 Å². The molecular weight excluding hydrogens is 236 g/mol. The smallest absolute Gasteiger partial charge is 0.126 e.